The maximum Gasteiger partial charge on any atom is 0.314 e. The van der Waals surface area contributed by atoms with E-state index < -0.39 is 17.5 Å². The van der Waals surface area contributed by atoms with E-state index in [2.05, 4.69) is 5.10 Å². The van der Waals surface area contributed by atoms with Crippen molar-refractivity contribution < 1.29 is 19.4 Å². The number of hydrogen-bond donors (Lipinski definition) is 2. The molecule has 0 amide bonds. The first-order valence-electron chi connectivity index (χ1n) is 7.95. The van der Waals surface area contributed by atoms with E-state index in [0.717, 1.165) is 22.5 Å². The van der Waals surface area contributed by atoms with Crippen molar-refractivity contribution in [3.8, 4) is 5.69 Å². The molecule has 1 heterocycles. The van der Waals surface area contributed by atoms with E-state index in [-0.39, 0.29) is 12.2 Å². The minimum Gasteiger partial charge on any atom is -0.481 e. The van der Waals surface area contributed by atoms with Crippen molar-refractivity contribution in [2.75, 3.05) is 0 Å². The van der Waals surface area contributed by atoms with Gasteiger partial charge in [-0.25, -0.2) is 9.07 Å². The van der Waals surface area contributed by atoms with Crippen LogP contribution in [-0.2, 0) is 11.2 Å². The number of hydrogen-bond acceptors (Lipinski definition) is 3. The van der Waals surface area contributed by atoms with Crippen molar-refractivity contribution in [2.45, 2.75) is 31.8 Å². The Morgan fingerprint density at radius 2 is 2.08 bits per heavy atom. The molecule has 6 heteroatoms. The van der Waals surface area contributed by atoms with Gasteiger partial charge in [0.2, 0.25) is 0 Å². The molecule has 1 fully saturated rings. The number of nitrogens with zero attached hydrogens (tertiary/aromatic N) is 2. The summed E-state index contributed by atoms with van der Waals surface area (Å²) in [6.07, 6.45) is 4.64. The molecular weight excluding hydrogens is 311 g/mol. The van der Waals surface area contributed by atoms with Crippen molar-refractivity contribution in [1.82, 2.24) is 9.78 Å². The summed E-state index contributed by atoms with van der Waals surface area (Å²) in [5.74, 6) is -1.21. The van der Waals surface area contributed by atoms with Crippen molar-refractivity contribution in [1.29, 1.82) is 0 Å². The Balaban J connectivity index is 1.82. The number of carboxylic acid groups (broad SMARTS) is 1. The van der Waals surface area contributed by atoms with Gasteiger partial charge in [0.05, 0.1) is 29.1 Å². The smallest absolute Gasteiger partial charge is 0.314 e. The number of aliphatic carboxylic acids is 1. The fraction of sp³-hybridized carbons (Fsp3) is 0.333. The number of carboxylic acids is 1. The van der Waals surface area contributed by atoms with Crippen LogP contribution in [0, 0.1) is 11.2 Å². The number of aliphatic hydroxyl groups excluding tert-OH is 1. The summed E-state index contributed by atoms with van der Waals surface area (Å²) in [7, 11) is 0. The number of benzene rings is 1. The SMILES string of the molecule is O=C(O)[C@]12Cc3cnn(-c4ccc(F)cc4)c3C=C1CC[C@H](O)C2. The molecule has 0 aliphatic heterocycles. The van der Waals surface area contributed by atoms with Gasteiger partial charge in [0.1, 0.15) is 5.82 Å². The minimum absolute atomic E-state index is 0.231. The molecule has 2 aromatic rings. The summed E-state index contributed by atoms with van der Waals surface area (Å²) in [4.78, 5) is 12.0. The molecule has 2 aliphatic carbocycles. The lowest BCUT2D eigenvalue weighted by molar-refractivity contribution is -0.149. The van der Waals surface area contributed by atoms with Gasteiger partial charge in [-0.2, -0.15) is 5.10 Å². The molecule has 0 saturated heterocycles. The van der Waals surface area contributed by atoms with Crippen LogP contribution in [0.15, 0.2) is 36.0 Å². The number of fused-ring (bicyclic) bond motifs is 2. The molecule has 1 saturated carbocycles. The van der Waals surface area contributed by atoms with Gasteiger partial charge in [0.15, 0.2) is 0 Å². The third-order valence-corrected chi connectivity index (χ3v) is 5.12. The van der Waals surface area contributed by atoms with Crippen LogP contribution in [0.5, 0.6) is 0 Å². The Kier molecular flexibility index (Phi) is 3.31. The third kappa shape index (κ3) is 2.17. The topological polar surface area (TPSA) is 75.3 Å². The maximum atomic E-state index is 13.1. The summed E-state index contributed by atoms with van der Waals surface area (Å²) >= 11 is 0. The molecule has 24 heavy (non-hydrogen) atoms. The first kappa shape index (κ1) is 15.1. The lowest BCUT2D eigenvalue weighted by Gasteiger charge is -2.40. The molecule has 2 aliphatic rings. The number of rotatable bonds is 2. The van der Waals surface area contributed by atoms with E-state index in [1.807, 2.05) is 6.08 Å². The van der Waals surface area contributed by atoms with Crippen LogP contribution in [0.25, 0.3) is 11.8 Å². The lowest BCUT2D eigenvalue weighted by atomic mass is 9.63. The van der Waals surface area contributed by atoms with Crippen LogP contribution in [0.4, 0.5) is 4.39 Å². The summed E-state index contributed by atoms with van der Waals surface area (Å²) in [6.45, 7) is 0. The van der Waals surface area contributed by atoms with E-state index in [1.165, 1.54) is 12.1 Å². The Labute approximate surface area is 138 Å². The molecule has 1 aromatic carbocycles. The van der Waals surface area contributed by atoms with Crippen molar-refractivity contribution in [2.24, 2.45) is 5.41 Å². The lowest BCUT2D eigenvalue weighted by Crippen LogP contribution is -2.43. The summed E-state index contributed by atoms with van der Waals surface area (Å²) in [5.41, 5.74) is 2.19. The van der Waals surface area contributed by atoms with E-state index in [0.29, 0.717) is 19.3 Å². The predicted octanol–water partition coefficient (Wildman–Crippen LogP) is 2.57. The van der Waals surface area contributed by atoms with Gasteiger partial charge < -0.3 is 10.2 Å². The van der Waals surface area contributed by atoms with Crippen LogP contribution in [-0.4, -0.2) is 32.1 Å². The van der Waals surface area contributed by atoms with Crippen LogP contribution in [0.3, 0.4) is 0 Å². The van der Waals surface area contributed by atoms with E-state index in [4.69, 9.17) is 0 Å². The molecule has 4 rings (SSSR count). The molecule has 0 spiro atoms. The summed E-state index contributed by atoms with van der Waals surface area (Å²) in [6, 6.07) is 6.03. The summed E-state index contributed by atoms with van der Waals surface area (Å²) in [5, 5.41) is 24.1. The van der Waals surface area contributed by atoms with Crippen LogP contribution < -0.4 is 0 Å². The highest BCUT2D eigenvalue weighted by Gasteiger charge is 2.48. The monoisotopic (exact) mass is 328 g/mol. The molecule has 5 nitrogen and oxygen atoms in total. The third-order valence-electron chi connectivity index (χ3n) is 5.12. The molecule has 2 atom stereocenters. The standard InChI is InChI=1S/C18H17FN2O3/c19-13-2-4-14(5-3-13)21-16-7-12-1-6-15(22)9-18(12,17(23)24)8-11(16)10-20-21/h2-5,7,10,15,22H,1,6,8-9H2,(H,23,24)/t15-,18-/m0/s1. The highest BCUT2D eigenvalue weighted by molar-refractivity contribution is 5.83. The predicted molar refractivity (Wildman–Crippen MR) is 85.1 cm³/mol. The molecule has 124 valence electrons. The zero-order valence-corrected chi connectivity index (χ0v) is 12.9. The van der Waals surface area contributed by atoms with Gasteiger partial charge in [-0.1, -0.05) is 5.57 Å². The zero-order chi connectivity index (χ0) is 16.9. The van der Waals surface area contributed by atoms with E-state index in [9.17, 15) is 19.4 Å². The van der Waals surface area contributed by atoms with Crippen LogP contribution >= 0.6 is 0 Å². The molecule has 1 aromatic heterocycles. The maximum absolute atomic E-state index is 13.1. The first-order valence-corrected chi connectivity index (χ1v) is 7.95. The first-order chi connectivity index (χ1) is 11.5. The van der Waals surface area contributed by atoms with Crippen molar-refractivity contribution in [3.05, 3.63) is 53.1 Å². The Morgan fingerprint density at radius 1 is 1.33 bits per heavy atom. The van der Waals surface area contributed by atoms with Gasteiger partial charge in [-0.3, -0.25) is 4.79 Å². The highest BCUT2D eigenvalue weighted by Crippen LogP contribution is 2.48. The van der Waals surface area contributed by atoms with Gasteiger partial charge >= 0.3 is 5.97 Å². The second-order valence-electron chi connectivity index (χ2n) is 6.57. The van der Waals surface area contributed by atoms with Crippen molar-refractivity contribution >= 4 is 12.0 Å². The molecule has 0 radical (unpaired) electrons. The van der Waals surface area contributed by atoms with E-state index in [1.54, 1.807) is 23.0 Å². The molecular formula is C18H17FN2O3. The second-order valence-corrected chi connectivity index (χ2v) is 6.57. The second kappa shape index (κ2) is 5.27. The average molecular weight is 328 g/mol. The normalized spacial score (nSPS) is 25.6. The van der Waals surface area contributed by atoms with Gasteiger partial charge in [-0.15, -0.1) is 0 Å². The molecule has 0 bridgehead atoms. The van der Waals surface area contributed by atoms with Gasteiger partial charge in [-0.05, 0) is 61.6 Å². The zero-order valence-electron chi connectivity index (χ0n) is 12.9. The van der Waals surface area contributed by atoms with E-state index >= 15 is 0 Å². The van der Waals surface area contributed by atoms with Crippen LogP contribution in [0.2, 0.25) is 0 Å². The Hall–Kier alpha value is -2.47. The van der Waals surface area contributed by atoms with Crippen molar-refractivity contribution in [3.63, 3.8) is 0 Å². The van der Waals surface area contributed by atoms with Crippen LogP contribution in [0.1, 0.15) is 30.5 Å². The largest absolute Gasteiger partial charge is 0.481 e. The number of aliphatic hydroxyl groups is 1. The number of aromatic nitrogens is 2. The fourth-order valence-corrected chi connectivity index (χ4v) is 3.85. The highest BCUT2D eigenvalue weighted by atomic mass is 19.1. The van der Waals surface area contributed by atoms with Gasteiger partial charge in [0, 0.05) is 0 Å². The number of halogens is 1. The Bertz CT molecular complexity index is 840. The average Bonchev–Trinajstić information content (AvgIpc) is 2.95. The molecule has 2 N–H and O–H groups in total. The number of carbonyl (C=O) groups is 1. The van der Waals surface area contributed by atoms with Gasteiger partial charge in [0.25, 0.3) is 0 Å². The Morgan fingerprint density at radius 3 is 2.79 bits per heavy atom. The fourth-order valence-electron chi connectivity index (χ4n) is 3.85. The quantitative estimate of drug-likeness (QED) is 0.888. The summed E-state index contributed by atoms with van der Waals surface area (Å²) < 4.78 is 14.8. The minimum atomic E-state index is -1.04. The molecule has 0 unspecified atom stereocenters.